The summed E-state index contributed by atoms with van der Waals surface area (Å²) in [6.07, 6.45) is 0. The van der Waals surface area contributed by atoms with Crippen molar-refractivity contribution >= 4 is 21.9 Å². The van der Waals surface area contributed by atoms with Crippen LogP contribution in [0.25, 0.3) is 0 Å². The fraction of sp³-hybridized carbons (Fsp3) is 0. The Morgan fingerprint density at radius 3 is 2.32 bits per heavy atom. The van der Waals surface area contributed by atoms with E-state index >= 15 is 0 Å². The van der Waals surface area contributed by atoms with Crippen LogP contribution in [0.3, 0.4) is 0 Å². The summed E-state index contributed by atoms with van der Waals surface area (Å²) in [6.45, 7) is 0. The average molecular weight is 329 g/mol. The highest BCUT2D eigenvalue weighted by molar-refractivity contribution is 9.10. The van der Waals surface area contributed by atoms with Crippen LogP contribution in [0.15, 0.2) is 40.9 Å². The molecule has 0 fully saturated rings. The van der Waals surface area contributed by atoms with E-state index in [0.29, 0.717) is 10.5 Å². The van der Waals surface area contributed by atoms with Gasteiger partial charge in [0.2, 0.25) is 0 Å². The molecular weight excluding hydrogens is 322 g/mol. The topological polar surface area (TPSA) is 46.5 Å². The van der Waals surface area contributed by atoms with E-state index in [-0.39, 0.29) is 17.1 Å². The zero-order valence-corrected chi connectivity index (χ0v) is 10.9. The molecule has 6 heteroatoms. The molecule has 0 spiro atoms. The minimum atomic E-state index is -1.20. The summed E-state index contributed by atoms with van der Waals surface area (Å²) in [5, 5.41) is 9.00. The van der Waals surface area contributed by atoms with Gasteiger partial charge in [0.15, 0.2) is 0 Å². The van der Waals surface area contributed by atoms with E-state index in [2.05, 4.69) is 15.9 Å². The molecule has 0 saturated carbocycles. The third-order valence-electron chi connectivity index (χ3n) is 2.24. The molecule has 0 unspecified atom stereocenters. The minimum Gasteiger partial charge on any atom is -0.478 e. The first kappa shape index (κ1) is 13.5. The predicted octanol–water partition coefficient (Wildman–Crippen LogP) is 4.22. The molecular formula is C13H7BrF2O3. The summed E-state index contributed by atoms with van der Waals surface area (Å²) in [6, 6.07) is 6.91. The first-order valence-electron chi connectivity index (χ1n) is 5.12. The first-order chi connectivity index (χ1) is 8.95. The molecule has 0 atom stereocenters. The van der Waals surface area contributed by atoms with E-state index in [1.807, 2.05) is 0 Å². The van der Waals surface area contributed by atoms with E-state index < -0.39 is 17.6 Å². The Morgan fingerprint density at radius 1 is 1.11 bits per heavy atom. The molecule has 0 radical (unpaired) electrons. The number of hydrogen-bond acceptors (Lipinski definition) is 2. The summed E-state index contributed by atoms with van der Waals surface area (Å²) in [4.78, 5) is 11.0. The van der Waals surface area contributed by atoms with Crippen molar-refractivity contribution < 1.29 is 23.4 Å². The monoisotopic (exact) mass is 328 g/mol. The van der Waals surface area contributed by atoms with Crippen LogP contribution in [0.1, 0.15) is 10.4 Å². The number of benzene rings is 2. The lowest BCUT2D eigenvalue weighted by molar-refractivity contribution is 0.0694. The Kier molecular flexibility index (Phi) is 3.80. The van der Waals surface area contributed by atoms with Crippen LogP contribution in [-0.4, -0.2) is 11.1 Å². The normalized spacial score (nSPS) is 10.3. The molecule has 2 aromatic carbocycles. The molecule has 0 aromatic heterocycles. The van der Waals surface area contributed by atoms with Gasteiger partial charge in [0, 0.05) is 22.7 Å². The Labute approximate surface area is 115 Å². The van der Waals surface area contributed by atoms with Crippen LogP contribution in [0.2, 0.25) is 0 Å². The van der Waals surface area contributed by atoms with Gasteiger partial charge in [-0.25, -0.2) is 13.6 Å². The summed E-state index contributed by atoms with van der Waals surface area (Å²) >= 11 is 3.17. The van der Waals surface area contributed by atoms with E-state index in [9.17, 15) is 13.6 Å². The molecule has 0 saturated heterocycles. The van der Waals surface area contributed by atoms with Crippen molar-refractivity contribution in [2.24, 2.45) is 0 Å². The van der Waals surface area contributed by atoms with Gasteiger partial charge in [0.05, 0.1) is 0 Å². The van der Waals surface area contributed by atoms with Crippen LogP contribution < -0.4 is 4.74 Å². The van der Waals surface area contributed by atoms with E-state index in [1.165, 1.54) is 18.2 Å². The number of carboxylic acids is 1. The largest absolute Gasteiger partial charge is 0.478 e. The fourth-order valence-corrected chi connectivity index (χ4v) is 1.81. The Bertz CT molecular complexity index is 624. The zero-order valence-electron chi connectivity index (χ0n) is 9.36. The van der Waals surface area contributed by atoms with Gasteiger partial charge in [-0.15, -0.1) is 0 Å². The standard InChI is InChI=1S/C13H7BrF2O3/c14-7-1-2-11(13(17)18)12(3-7)19-10-5-8(15)4-9(16)6-10/h1-6H,(H,17,18). The van der Waals surface area contributed by atoms with Crippen molar-refractivity contribution in [1.82, 2.24) is 0 Å². The van der Waals surface area contributed by atoms with E-state index in [0.717, 1.165) is 12.1 Å². The molecule has 0 aliphatic carbocycles. The summed E-state index contributed by atoms with van der Waals surface area (Å²) < 4.78 is 31.9. The third kappa shape index (κ3) is 3.29. The molecule has 3 nitrogen and oxygen atoms in total. The van der Waals surface area contributed by atoms with Crippen LogP contribution in [-0.2, 0) is 0 Å². The highest BCUT2D eigenvalue weighted by Gasteiger charge is 2.13. The van der Waals surface area contributed by atoms with Gasteiger partial charge in [-0.2, -0.15) is 0 Å². The average Bonchev–Trinajstić information content (AvgIpc) is 2.26. The Balaban J connectivity index is 2.42. The van der Waals surface area contributed by atoms with Gasteiger partial charge in [-0.1, -0.05) is 15.9 Å². The summed E-state index contributed by atoms with van der Waals surface area (Å²) in [7, 11) is 0. The molecule has 1 N–H and O–H groups in total. The number of carboxylic acid groups (broad SMARTS) is 1. The highest BCUT2D eigenvalue weighted by Crippen LogP contribution is 2.29. The van der Waals surface area contributed by atoms with Gasteiger partial charge >= 0.3 is 5.97 Å². The number of aromatic carboxylic acids is 1. The molecule has 0 heterocycles. The number of carbonyl (C=O) groups is 1. The number of halogens is 3. The Hall–Kier alpha value is -1.95. The maximum Gasteiger partial charge on any atom is 0.339 e. The van der Waals surface area contributed by atoms with Gasteiger partial charge in [0.1, 0.15) is 28.7 Å². The molecule has 0 amide bonds. The maximum absolute atomic E-state index is 13.0. The van der Waals surface area contributed by atoms with Gasteiger partial charge in [-0.05, 0) is 18.2 Å². The van der Waals surface area contributed by atoms with Crippen molar-refractivity contribution in [3.8, 4) is 11.5 Å². The first-order valence-corrected chi connectivity index (χ1v) is 5.92. The highest BCUT2D eigenvalue weighted by atomic mass is 79.9. The molecule has 0 bridgehead atoms. The van der Waals surface area contributed by atoms with Gasteiger partial charge in [-0.3, -0.25) is 0 Å². The van der Waals surface area contributed by atoms with Crippen molar-refractivity contribution in [2.45, 2.75) is 0 Å². The van der Waals surface area contributed by atoms with Crippen molar-refractivity contribution in [1.29, 1.82) is 0 Å². The lowest BCUT2D eigenvalue weighted by Crippen LogP contribution is -2.00. The second kappa shape index (κ2) is 5.36. The number of rotatable bonds is 3. The predicted molar refractivity (Wildman–Crippen MR) is 67.5 cm³/mol. The second-order valence-corrected chi connectivity index (χ2v) is 4.57. The van der Waals surface area contributed by atoms with Crippen molar-refractivity contribution in [3.05, 3.63) is 58.1 Å². The van der Waals surface area contributed by atoms with Crippen molar-refractivity contribution in [3.63, 3.8) is 0 Å². The van der Waals surface area contributed by atoms with E-state index in [4.69, 9.17) is 9.84 Å². The SMILES string of the molecule is O=C(O)c1ccc(Br)cc1Oc1cc(F)cc(F)c1. The second-order valence-electron chi connectivity index (χ2n) is 3.65. The summed E-state index contributed by atoms with van der Waals surface area (Å²) in [5.41, 5.74) is -0.104. The smallest absolute Gasteiger partial charge is 0.339 e. The molecule has 0 aliphatic heterocycles. The minimum absolute atomic E-state index is 0.00752. The quantitative estimate of drug-likeness (QED) is 0.917. The third-order valence-corrected chi connectivity index (χ3v) is 2.73. The maximum atomic E-state index is 13.0. The molecule has 0 aliphatic rings. The fourth-order valence-electron chi connectivity index (χ4n) is 1.47. The molecule has 2 aromatic rings. The van der Waals surface area contributed by atoms with Gasteiger partial charge < -0.3 is 9.84 Å². The summed E-state index contributed by atoms with van der Waals surface area (Å²) in [5.74, 6) is -2.92. The van der Waals surface area contributed by atoms with Crippen molar-refractivity contribution in [2.75, 3.05) is 0 Å². The van der Waals surface area contributed by atoms with Crippen LogP contribution in [0.4, 0.5) is 8.78 Å². The van der Waals surface area contributed by atoms with Crippen LogP contribution in [0.5, 0.6) is 11.5 Å². The van der Waals surface area contributed by atoms with Crippen LogP contribution in [0, 0.1) is 11.6 Å². The molecule has 98 valence electrons. The molecule has 19 heavy (non-hydrogen) atoms. The lowest BCUT2D eigenvalue weighted by atomic mass is 10.2. The van der Waals surface area contributed by atoms with Crippen LogP contribution >= 0.6 is 15.9 Å². The van der Waals surface area contributed by atoms with E-state index in [1.54, 1.807) is 0 Å². The Morgan fingerprint density at radius 2 is 1.74 bits per heavy atom. The lowest BCUT2D eigenvalue weighted by Gasteiger charge is -2.09. The zero-order chi connectivity index (χ0) is 14.0. The number of ether oxygens (including phenoxy) is 1. The number of hydrogen-bond donors (Lipinski definition) is 1. The van der Waals surface area contributed by atoms with Gasteiger partial charge in [0.25, 0.3) is 0 Å². The molecule has 2 rings (SSSR count).